The van der Waals surface area contributed by atoms with Gasteiger partial charge in [-0.15, -0.1) is 0 Å². The molecule has 0 aromatic heterocycles. The molecule has 6 nitrogen and oxygen atoms in total. The van der Waals surface area contributed by atoms with Crippen LogP contribution in [0.5, 0.6) is 0 Å². The molecule has 0 saturated heterocycles. The predicted molar refractivity (Wildman–Crippen MR) is 297 cm³/mol. The van der Waals surface area contributed by atoms with Gasteiger partial charge in [-0.05, 0) is 122 Å². The van der Waals surface area contributed by atoms with Crippen molar-refractivity contribution in [3.05, 3.63) is 97.2 Å². The smallest absolute Gasteiger partial charge is 0.306 e. The molecule has 1 unspecified atom stereocenters. The van der Waals surface area contributed by atoms with Gasteiger partial charge in [-0.25, -0.2) is 0 Å². The third-order valence-electron chi connectivity index (χ3n) is 12.0. The van der Waals surface area contributed by atoms with Crippen LogP contribution in [-0.2, 0) is 28.6 Å². The van der Waals surface area contributed by atoms with Crippen LogP contribution in [0.4, 0.5) is 0 Å². The van der Waals surface area contributed by atoms with E-state index >= 15 is 0 Å². The summed E-state index contributed by atoms with van der Waals surface area (Å²) in [6.45, 7) is 6.46. The van der Waals surface area contributed by atoms with E-state index in [2.05, 4.69) is 118 Å². The van der Waals surface area contributed by atoms with Gasteiger partial charge < -0.3 is 14.2 Å². The first-order chi connectivity index (χ1) is 34.0. The van der Waals surface area contributed by atoms with Gasteiger partial charge in [0.25, 0.3) is 0 Å². The van der Waals surface area contributed by atoms with Crippen LogP contribution in [0.1, 0.15) is 265 Å². The minimum atomic E-state index is -0.795. The molecule has 0 radical (unpaired) electrons. The van der Waals surface area contributed by atoms with Crippen molar-refractivity contribution in [3.63, 3.8) is 0 Å². The van der Waals surface area contributed by atoms with Gasteiger partial charge in [0.15, 0.2) is 6.10 Å². The summed E-state index contributed by atoms with van der Waals surface area (Å²) in [6, 6.07) is 0. The average Bonchev–Trinajstić information content (AvgIpc) is 3.35. The second-order valence-corrected chi connectivity index (χ2v) is 18.8. The van der Waals surface area contributed by atoms with E-state index in [-0.39, 0.29) is 31.1 Å². The Morgan fingerprint density at radius 2 is 0.565 bits per heavy atom. The topological polar surface area (TPSA) is 78.9 Å². The fourth-order valence-corrected chi connectivity index (χ4v) is 7.73. The third-order valence-corrected chi connectivity index (χ3v) is 12.0. The van der Waals surface area contributed by atoms with Gasteiger partial charge in [-0.1, -0.05) is 221 Å². The maximum Gasteiger partial charge on any atom is 0.306 e. The van der Waals surface area contributed by atoms with Crippen molar-refractivity contribution < 1.29 is 28.6 Å². The number of ether oxygens (including phenoxy) is 3. The molecule has 0 bridgehead atoms. The maximum absolute atomic E-state index is 12.9. The number of rotatable bonds is 51. The van der Waals surface area contributed by atoms with Crippen molar-refractivity contribution >= 4 is 17.9 Å². The summed E-state index contributed by atoms with van der Waals surface area (Å²) in [6.07, 6.45) is 75.3. The molecule has 0 amide bonds. The van der Waals surface area contributed by atoms with E-state index in [0.717, 1.165) is 128 Å². The summed E-state index contributed by atoms with van der Waals surface area (Å²) < 4.78 is 16.8. The van der Waals surface area contributed by atoms with Crippen LogP contribution in [-0.4, -0.2) is 37.2 Å². The normalized spacial score (nSPS) is 12.8. The number of carbonyl (C=O) groups excluding carboxylic acids is 3. The van der Waals surface area contributed by atoms with Gasteiger partial charge in [0.05, 0.1) is 0 Å². The molecule has 1 atom stereocenters. The number of hydrogen-bond donors (Lipinski definition) is 0. The Morgan fingerprint density at radius 3 is 0.928 bits per heavy atom. The van der Waals surface area contributed by atoms with Gasteiger partial charge in [-0.3, -0.25) is 14.4 Å². The molecule has 0 rings (SSSR count). The van der Waals surface area contributed by atoms with E-state index in [4.69, 9.17) is 14.2 Å². The van der Waals surface area contributed by atoms with E-state index in [1.54, 1.807) is 0 Å². The summed E-state index contributed by atoms with van der Waals surface area (Å²) in [5, 5.41) is 0. The molecule has 0 spiro atoms. The molecule has 0 heterocycles. The van der Waals surface area contributed by atoms with Gasteiger partial charge in [0.1, 0.15) is 13.2 Å². The van der Waals surface area contributed by atoms with Crippen LogP contribution in [0, 0.1) is 0 Å². The molecule has 0 N–H and O–H groups in total. The van der Waals surface area contributed by atoms with E-state index < -0.39 is 6.10 Å². The highest BCUT2D eigenvalue weighted by Crippen LogP contribution is 2.14. The molecule has 0 aromatic rings. The van der Waals surface area contributed by atoms with Crippen molar-refractivity contribution in [2.75, 3.05) is 13.2 Å². The zero-order valence-corrected chi connectivity index (χ0v) is 45.0. The van der Waals surface area contributed by atoms with Gasteiger partial charge in [0, 0.05) is 19.3 Å². The van der Waals surface area contributed by atoms with E-state index in [1.807, 2.05) is 0 Å². The molecule has 394 valence electrons. The van der Waals surface area contributed by atoms with Crippen molar-refractivity contribution in [1.29, 1.82) is 0 Å². The van der Waals surface area contributed by atoms with Crippen LogP contribution < -0.4 is 0 Å². The fourth-order valence-electron chi connectivity index (χ4n) is 7.73. The SMILES string of the molecule is CC/C=C\C/C=C\C/C=C\C/C=C\CCCCCCCCC(=O)OCC(COC(=O)CCCCCCC/C=C\CCCCCC)OC(=O)CCCCCCCC/C=C\C/C=C\C/C=C\CCCCC. The Labute approximate surface area is 426 Å². The van der Waals surface area contributed by atoms with Gasteiger partial charge in [-0.2, -0.15) is 0 Å². The van der Waals surface area contributed by atoms with Crippen LogP contribution in [0.25, 0.3) is 0 Å². The summed E-state index contributed by atoms with van der Waals surface area (Å²) in [5.41, 5.74) is 0. The molecule has 0 aromatic carbocycles. The molecular formula is C63H106O6. The highest BCUT2D eigenvalue weighted by molar-refractivity contribution is 5.71. The molecule has 0 aliphatic heterocycles. The fraction of sp³-hybridized carbons (Fsp3) is 0.698. The Bertz CT molecular complexity index is 1380. The van der Waals surface area contributed by atoms with Gasteiger partial charge >= 0.3 is 17.9 Å². The number of allylic oxidation sites excluding steroid dienone is 16. The highest BCUT2D eigenvalue weighted by atomic mass is 16.6. The molecule has 0 aliphatic rings. The Morgan fingerprint density at radius 1 is 0.304 bits per heavy atom. The van der Waals surface area contributed by atoms with Crippen LogP contribution in [0.3, 0.4) is 0 Å². The summed E-state index contributed by atoms with van der Waals surface area (Å²) in [4.78, 5) is 38.2. The molecule has 0 aliphatic carbocycles. The molecular weight excluding hydrogens is 853 g/mol. The number of unbranched alkanes of at least 4 members (excludes halogenated alkanes) is 24. The van der Waals surface area contributed by atoms with Crippen molar-refractivity contribution in [2.45, 2.75) is 271 Å². The largest absolute Gasteiger partial charge is 0.462 e. The van der Waals surface area contributed by atoms with Gasteiger partial charge in [0.2, 0.25) is 0 Å². The second kappa shape index (κ2) is 56.9. The summed E-state index contributed by atoms with van der Waals surface area (Å²) in [5.74, 6) is -0.925. The first kappa shape index (κ1) is 65.3. The zero-order valence-electron chi connectivity index (χ0n) is 45.0. The van der Waals surface area contributed by atoms with Crippen molar-refractivity contribution in [1.82, 2.24) is 0 Å². The lowest BCUT2D eigenvalue weighted by molar-refractivity contribution is -0.167. The Hall–Kier alpha value is -3.67. The van der Waals surface area contributed by atoms with Crippen LogP contribution in [0.2, 0.25) is 0 Å². The average molecular weight is 960 g/mol. The van der Waals surface area contributed by atoms with E-state index in [9.17, 15) is 14.4 Å². The number of hydrogen-bond acceptors (Lipinski definition) is 6. The van der Waals surface area contributed by atoms with Crippen LogP contribution in [0.15, 0.2) is 97.2 Å². The minimum absolute atomic E-state index is 0.0924. The third kappa shape index (κ3) is 55.1. The molecule has 6 heteroatoms. The van der Waals surface area contributed by atoms with Crippen molar-refractivity contribution in [2.24, 2.45) is 0 Å². The first-order valence-electron chi connectivity index (χ1n) is 28.7. The predicted octanol–water partition coefficient (Wildman–Crippen LogP) is 19.3. The number of esters is 3. The lowest BCUT2D eigenvalue weighted by Gasteiger charge is -2.18. The second-order valence-electron chi connectivity index (χ2n) is 18.8. The Kier molecular flexibility index (Phi) is 53.9. The highest BCUT2D eigenvalue weighted by Gasteiger charge is 2.19. The summed E-state index contributed by atoms with van der Waals surface area (Å²) in [7, 11) is 0. The number of carbonyl (C=O) groups is 3. The first-order valence-corrected chi connectivity index (χ1v) is 28.7. The minimum Gasteiger partial charge on any atom is -0.462 e. The lowest BCUT2D eigenvalue weighted by atomic mass is 10.1. The zero-order chi connectivity index (χ0) is 50.0. The lowest BCUT2D eigenvalue weighted by Crippen LogP contribution is -2.30. The molecule has 0 fully saturated rings. The van der Waals surface area contributed by atoms with E-state index in [1.165, 1.54) is 96.3 Å². The quantitative estimate of drug-likeness (QED) is 0.0262. The van der Waals surface area contributed by atoms with E-state index in [0.29, 0.717) is 19.3 Å². The monoisotopic (exact) mass is 959 g/mol. The summed E-state index contributed by atoms with van der Waals surface area (Å²) >= 11 is 0. The molecule has 0 saturated carbocycles. The van der Waals surface area contributed by atoms with Crippen LogP contribution >= 0.6 is 0 Å². The maximum atomic E-state index is 12.9. The molecule has 69 heavy (non-hydrogen) atoms. The Balaban J connectivity index is 4.44. The van der Waals surface area contributed by atoms with Crippen molar-refractivity contribution in [3.8, 4) is 0 Å². The standard InChI is InChI=1S/C63H106O6/c1-4-7-10-13-16-19-22-25-27-29-31-33-35-38-41-44-47-50-53-56-62(65)68-59-60(58-67-61(64)55-52-49-46-43-40-37-24-21-18-15-12-9-6-3)69-63(66)57-54-51-48-45-42-39-36-34-32-30-28-26-23-20-17-14-11-8-5-2/h7,10,16-17,19-21,24-28,31-34,60H,4-6,8-9,11-15,18,22-23,29-30,35-59H2,1-3H3/b10-7-,19-16-,20-17-,24-21-,27-25-,28-26-,33-31-,34-32-.